The van der Waals surface area contributed by atoms with Gasteiger partial charge < -0.3 is 15.2 Å². The van der Waals surface area contributed by atoms with E-state index in [-0.39, 0.29) is 0 Å². The lowest BCUT2D eigenvalue weighted by molar-refractivity contribution is 0.370. The zero-order valence-electron chi connectivity index (χ0n) is 16.7. The molecular weight excluding hydrogens is 362 g/mol. The summed E-state index contributed by atoms with van der Waals surface area (Å²) in [4.78, 5) is 5.62. The summed E-state index contributed by atoms with van der Waals surface area (Å²) in [6, 6.07) is 13.3. The first-order chi connectivity index (χ1) is 14.2. The number of H-pyrrole nitrogens is 1. The Hall–Kier alpha value is -3.19. The Morgan fingerprint density at radius 1 is 1.14 bits per heavy atom. The van der Waals surface area contributed by atoms with Gasteiger partial charge in [0.15, 0.2) is 5.82 Å². The number of benzene rings is 1. The van der Waals surface area contributed by atoms with Crippen LogP contribution in [0.5, 0.6) is 0 Å². The molecule has 1 fully saturated rings. The zero-order chi connectivity index (χ0) is 19.8. The summed E-state index contributed by atoms with van der Waals surface area (Å²) in [5.74, 6) is 0.920. The van der Waals surface area contributed by atoms with Crippen LogP contribution in [0.25, 0.3) is 27.8 Å². The second-order valence-electron chi connectivity index (χ2n) is 7.77. The first-order valence-corrected chi connectivity index (χ1v) is 10.1. The first kappa shape index (κ1) is 17.9. The summed E-state index contributed by atoms with van der Waals surface area (Å²) in [6.45, 7) is 3.29. The lowest BCUT2D eigenvalue weighted by Crippen LogP contribution is -2.45. The normalized spacial score (nSPS) is 19.5. The molecule has 148 valence electrons. The quantitative estimate of drug-likeness (QED) is 0.561. The number of nitrogens with one attached hydrogen (secondary N) is 2. The highest BCUT2D eigenvalue weighted by Gasteiger charge is 2.23. The third-order valence-electron chi connectivity index (χ3n) is 5.88. The summed E-state index contributed by atoms with van der Waals surface area (Å²) in [7, 11) is 2.12. The van der Waals surface area contributed by atoms with Crippen LogP contribution in [0.4, 0.5) is 5.82 Å². The number of fused-ring (bicyclic) bond motifs is 1. The first-order valence-electron chi connectivity index (χ1n) is 10.1. The van der Waals surface area contributed by atoms with E-state index in [0.717, 1.165) is 53.1 Å². The van der Waals surface area contributed by atoms with E-state index in [0.29, 0.717) is 12.1 Å². The van der Waals surface area contributed by atoms with Crippen LogP contribution in [0, 0.1) is 0 Å². The van der Waals surface area contributed by atoms with Gasteiger partial charge in [0.1, 0.15) is 0 Å². The van der Waals surface area contributed by atoms with Gasteiger partial charge in [0.25, 0.3) is 0 Å². The molecule has 0 amide bonds. The lowest BCUT2D eigenvalue weighted by Gasteiger charge is -2.35. The van der Waals surface area contributed by atoms with Crippen LogP contribution >= 0.6 is 0 Å². The predicted octanol–water partition coefficient (Wildman–Crippen LogP) is 3.39. The van der Waals surface area contributed by atoms with E-state index in [2.05, 4.69) is 74.8 Å². The lowest BCUT2D eigenvalue weighted by atomic mass is 9.99. The predicted molar refractivity (Wildman–Crippen MR) is 115 cm³/mol. The molecule has 1 saturated heterocycles. The largest absolute Gasteiger partial charge is 0.361 e. The molecule has 0 spiro atoms. The molecule has 7 nitrogen and oxygen atoms in total. The Bertz CT molecular complexity index is 1100. The van der Waals surface area contributed by atoms with Gasteiger partial charge in [0, 0.05) is 48.7 Å². The van der Waals surface area contributed by atoms with Crippen LogP contribution in [-0.2, 0) is 0 Å². The standard InChI is InChI=1S/C22H25N7/c1-15-14-16(8-11-23-15)28(2)21-7-5-19(26-27-21)17-4-6-20(29-13-3-10-25-29)18-9-12-24-22(17)18/h3-7,9-10,12-13,15-16,23-24H,8,11,14H2,1-2H3/t15-,16-/m0/s1. The molecule has 0 unspecified atom stereocenters. The number of anilines is 1. The molecule has 1 aliphatic rings. The van der Waals surface area contributed by atoms with Crippen molar-refractivity contribution in [3.8, 4) is 16.9 Å². The smallest absolute Gasteiger partial charge is 0.151 e. The summed E-state index contributed by atoms with van der Waals surface area (Å²) in [5, 5.41) is 18.1. The van der Waals surface area contributed by atoms with Crippen molar-refractivity contribution in [2.45, 2.75) is 31.8 Å². The highest BCUT2D eigenvalue weighted by Crippen LogP contribution is 2.31. The topological polar surface area (TPSA) is 74.7 Å². The minimum absolute atomic E-state index is 0.495. The average Bonchev–Trinajstić information content (AvgIpc) is 3.45. The van der Waals surface area contributed by atoms with E-state index in [9.17, 15) is 0 Å². The fourth-order valence-corrected chi connectivity index (χ4v) is 4.27. The van der Waals surface area contributed by atoms with E-state index in [1.54, 1.807) is 6.20 Å². The fourth-order valence-electron chi connectivity index (χ4n) is 4.27. The van der Waals surface area contributed by atoms with Crippen LogP contribution in [0.15, 0.2) is 55.0 Å². The average molecular weight is 387 g/mol. The van der Waals surface area contributed by atoms with Crippen molar-refractivity contribution in [2.75, 3.05) is 18.5 Å². The molecule has 1 aromatic carbocycles. The van der Waals surface area contributed by atoms with Gasteiger partial charge in [-0.1, -0.05) is 0 Å². The molecule has 7 heteroatoms. The number of hydrogen-bond donors (Lipinski definition) is 2. The van der Waals surface area contributed by atoms with Gasteiger partial charge in [-0.15, -0.1) is 10.2 Å². The van der Waals surface area contributed by atoms with Crippen LogP contribution in [0.2, 0.25) is 0 Å². The molecule has 4 heterocycles. The van der Waals surface area contributed by atoms with Crippen molar-refractivity contribution in [1.82, 2.24) is 30.3 Å². The highest BCUT2D eigenvalue weighted by atomic mass is 15.3. The number of aromatic amines is 1. The number of piperidine rings is 1. The van der Waals surface area contributed by atoms with Crippen LogP contribution in [0.3, 0.4) is 0 Å². The van der Waals surface area contributed by atoms with Crippen LogP contribution in [0.1, 0.15) is 19.8 Å². The van der Waals surface area contributed by atoms with Crippen molar-refractivity contribution < 1.29 is 0 Å². The van der Waals surface area contributed by atoms with Crippen molar-refractivity contribution in [3.05, 3.63) is 55.0 Å². The molecule has 29 heavy (non-hydrogen) atoms. The minimum atomic E-state index is 0.495. The molecule has 2 atom stereocenters. The van der Waals surface area contributed by atoms with Gasteiger partial charge in [-0.2, -0.15) is 5.10 Å². The monoisotopic (exact) mass is 387 g/mol. The number of nitrogens with zero attached hydrogens (tertiary/aromatic N) is 5. The molecule has 0 saturated carbocycles. The second-order valence-corrected chi connectivity index (χ2v) is 7.77. The molecular formula is C22H25N7. The maximum atomic E-state index is 4.56. The fraction of sp³-hybridized carbons (Fsp3) is 0.318. The van der Waals surface area contributed by atoms with Crippen LogP contribution in [-0.4, -0.2) is 50.6 Å². The van der Waals surface area contributed by atoms with Crippen molar-refractivity contribution >= 4 is 16.7 Å². The van der Waals surface area contributed by atoms with Gasteiger partial charge in [0.2, 0.25) is 0 Å². The van der Waals surface area contributed by atoms with Gasteiger partial charge >= 0.3 is 0 Å². The van der Waals surface area contributed by atoms with Gasteiger partial charge in [-0.05, 0) is 62.7 Å². The Kier molecular flexibility index (Phi) is 4.52. The molecule has 0 aliphatic carbocycles. The summed E-state index contributed by atoms with van der Waals surface area (Å²) >= 11 is 0. The van der Waals surface area contributed by atoms with Gasteiger partial charge in [0.05, 0.1) is 16.9 Å². The van der Waals surface area contributed by atoms with Crippen LogP contribution < -0.4 is 10.2 Å². The van der Waals surface area contributed by atoms with Crippen molar-refractivity contribution in [3.63, 3.8) is 0 Å². The maximum Gasteiger partial charge on any atom is 0.151 e. The number of aromatic nitrogens is 5. The Balaban J connectivity index is 1.45. The number of rotatable bonds is 4. The molecule has 0 bridgehead atoms. The Labute approximate surface area is 169 Å². The molecule has 0 radical (unpaired) electrons. The van der Waals surface area contributed by atoms with E-state index >= 15 is 0 Å². The summed E-state index contributed by atoms with van der Waals surface area (Å²) in [5.41, 5.74) is 3.98. The SMILES string of the molecule is C[C@H]1C[C@@H](N(C)c2ccc(-c3ccc(-n4cccn4)c4cc[nH]c34)nn2)CCN1. The second kappa shape index (κ2) is 7.33. The van der Waals surface area contributed by atoms with E-state index < -0.39 is 0 Å². The van der Waals surface area contributed by atoms with Crippen molar-refractivity contribution in [2.24, 2.45) is 0 Å². The Morgan fingerprint density at radius 2 is 2.07 bits per heavy atom. The van der Waals surface area contributed by atoms with E-state index in [1.165, 1.54) is 0 Å². The number of hydrogen-bond acceptors (Lipinski definition) is 5. The molecule has 2 N–H and O–H groups in total. The maximum absolute atomic E-state index is 4.56. The highest BCUT2D eigenvalue weighted by molar-refractivity contribution is 5.98. The molecule has 3 aromatic heterocycles. The molecule has 4 aromatic rings. The van der Waals surface area contributed by atoms with Gasteiger partial charge in [-0.3, -0.25) is 0 Å². The van der Waals surface area contributed by atoms with Crippen molar-refractivity contribution in [1.29, 1.82) is 0 Å². The van der Waals surface area contributed by atoms with Gasteiger partial charge in [-0.25, -0.2) is 4.68 Å². The summed E-state index contributed by atoms with van der Waals surface area (Å²) in [6.07, 6.45) is 7.94. The summed E-state index contributed by atoms with van der Waals surface area (Å²) < 4.78 is 1.88. The van der Waals surface area contributed by atoms with E-state index in [4.69, 9.17) is 0 Å². The van der Waals surface area contributed by atoms with E-state index in [1.807, 2.05) is 23.1 Å². The zero-order valence-corrected chi connectivity index (χ0v) is 16.7. The third kappa shape index (κ3) is 3.27. The Morgan fingerprint density at radius 3 is 2.83 bits per heavy atom. The minimum Gasteiger partial charge on any atom is -0.361 e. The molecule has 1 aliphatic heterocycles. The third-order valence-corrected chi connectivity index (χ3v) is 5.88. The molecule has 5 rings (SSSR count).